The van der Waals surface area contributed by atoms with Crippen LogP contribution in [-0.2, 0) is 9.59 Å². The Morgan fingerprint density at radius 2 is 1.95 bits per heavy atom. The van der Waals surface area contributed by atoms with E-state index in [2.05, 4.69) is 5.32 Å². The number of halogens is 1. The third-order valence-corrected chi connectivity index (χ3v) is 3.10. The van der Waals surface area contributed by atoms with Gasteiger partial charge in [0.25, 0.3) is 0 Å². The highest BCUT2D eigenvalue weighted by molar-refractivity contribution is 6.30. The van der Waals surface area contributed by atoms with Crippen LogP contribution in [0.5, 0.6) is 0 Å². The Morgan fingerprint density at radius 1 is 1.30 bits per heavy atom. The Labute approximate surface area is 125 Å². The number of amides is 2. The third-order valence-electron chi connectivity index (χ3n) is 2.86. The summed E-state index contributed by atoms with van der Waals surface area (Å²) < 4.78 is 0. The minimum absolute atomic E-state index is 0.0342. The lowest BCUT2D eigenvalue weighted by molar-refractivity contribution is -0.134. The lowest BCUT2D eigenvalue weighted by atomic mass is 10.1. The monoisotopic (exact) mass is 296 g/mol. The van der Waals surface area contributed by atoms with Crippen LogP contribution < -0.4 is 5.32 Å². The van der Waals surface area contributed by atoms with E-state index in [0.29, 0.717) is 17.3 Å². The molecule has 1 aromatic rings. The number of nitrogens with zero attached hydrogens (tertiary/aromatic N) is 1. The molecule has 0 aliphatic rings. The highest BCUT2D eigenvalue weighted by Crippen LogP contribution is 2.16. The second-order valence-electron chi connectivity index (χ2n) is 5.65. The molecule has 5 heteroatoms. The van der Waals surface area contributed by atoms with Gasteiger partial charge >= 0.3 is 0 Å². The maximum absolute atomic E-state index is 11.9. The molecule has 2 amide bonds. The molecule has 110 valence electrons. The van der Waals surface area contributed by atoms with Gasteiger partial charge in [-0.2, -0.15) is 0 Å². The Hall–Kier alpha value is -1.55. The minimum atomic E-state index is -0.290. The van der Waals surface area contributed by atoms with Gasteiger partial charge < -0.3 is 10.2 Å². The highest BCUT2D eigenvalue weighted by atomic mass is 35.5. The minimum Gasteiger partial charge on any atom is -0.338 e. The molecule has 1 aromatic carbocycles. The maximum Gasteiger partial charge on any atom is 0.226 e. The maximum atomic E-state index is 11.9. The summed E-state index contributed by atoms with van der Waals surface area (Å²) in [6, 6.07) is 6.98. The van der Waals surface area contributed by atoms with Gasteiger partial charge in [0.2, 0.25) is 11.8 Å². The van der Waals surface area contributed by atoms with E-state index in [1.807, 2.05) is 20.8 Å². The molecule has 0 spiro atoms. The van der Waals surface area contributed by atoms with Gasteiger partial charge in [0.1, 0.15) is 0 Å². The summed E-state index contributed by atoms with van der Waals surface area (Å²) in [7, 11) is 0. The predicted molar refractivity (Wildman–Crippen MR) is 81.8 cm³/mol. The molecule has 0 radical (unpaired) electrons. The summed E-state index contributed by atoms with van der Waals surface area (Å²) in [6.45, 7) is 7.75. The first kappa shape index (κ1) is 16.5. The van der Waals surface area contributed by atoms with Crippen LogP contribution in [0.1, 0.15) is 34.1 Å². The van der Waals surface area contributed by atoms with Gasteiger partial charge in [-0.05, 0) is 39.0 Å². The molecule has 0 aromatic heterocycles. The predicted octanol–water partition coefficient (Wildman–Crippen LogP) is 3.32. The lowest BCUT2D eigenvalue weighted by Crippen LogP contribution is -2.45. The largest absolute Gasteiger partial charge is 0.338 e. The van der Waals surface area contributed by atoms with Crippen molar-refractivity contribution in [3.05, 3.63) is 29.3 Å². The molecular weight excluding hydrogens is 276 g/mol. The van der Waals surface area contributed by atoms with Crippen LogP contribution in [0, 0.1) is 0 Å². The summed E-state index contributed by atoms with van der Waals surface area (Å²) in [5.41, 5.74) is 0.370. The lowest BCUT2D eigenvalue weighted by Gasteiger charge is -2.34. The number of hydrogen-bond acceptors (Lipinski definition) is 2. The fourth-order valence-corrected chi connectivity index (χ4v) is 2.16. The standard InChI is InChI=1S/C15H21ClN2O2/c1-11(19)18(15(2,3)4)9-8-14(20)17-13-7-5-6-12(16)10-13/h5-7,10H,8-9H2,1-4H3,(H,17,20). The molecule has 0 atom stereocenters. The highest BCUT2D eigenvalue weighted by Gasteiger charge is 2.23. The summed E-state index contributed by atoms with van der Waals surface area (Å²) >= 11 is 5.85. The van der Waals surface area contributed by atoms with E-state index in [1.165, 1.54) is 6.92 Å². The molecule has 0 unspecified atom stereocenters. The summed E-state index contributed by atoms with van der Waals surface area (Å²) in [5.74, 6) is -0.171. The van der Waals surface area contributed by atoms with Crippen molar-refractivity contribution in [2.24, 2.45) is 0 Å². The number of anilines is 1. The Bertz CT molecular complexity index is 495. The van der Waals surface area contributed by atoms with Crippen molar-refractivity contribution in [3.8, 4) is 0 Å². The van der Waals surface area contributed by atoms with Crippen molar-refractivity contribution < 1.29 is 9.59 Å². The van der Waals surface area contributed by atoms with Gasteiger partial charge in [-0.3, -0.25) is 9.59 Å². The van der Waals surface area contributed by atoms with Crippen LogP contribution in [0.15, 0.2) is 24.3 Å². The first-order valence-corrected chi connectivity index (χ1v) is 6.91. The molecular formula is C15H21ClN2O2. The normalized spacial score (nSPS) is 11.1. The summed E-state index contributed by atoms with van der Waals surface area (Å²) in [4.78, 5) is 25.2. The van der Waals surface area contributed by atoms with Crippen molar-refractivity contribution in [1.29, 1.82) is 0 Å². The number of rotatable bonds is 4. The number of carbonyl (C=O) groups excluding carboxylic acids is 2. The molecule has 0 aliphatic heterocycles. The van der Waals surface area contributed by atoms with E-state index >= 15 is 0 Å². The number of benzene rings is 1. The van der Waals surface area contributed by atoms with Crippen LogP contribution in [-0.4, -0.2) is 28.8 Å². The second kappa shape index (κ2) is 6.75. The Balaban J connectivity index is 2.56. The molecule has 20 heavy (non-hydrogen) atoms. The SMILES string of the molecule is CC(=O)N(CCC(=O)Nc1cccc(Cl)c1)C(C)(C)C. The van der Waals surface area contributed by atoms with E-state index in [9.17, 15) is 9.59 Å². The zero-order valence-corrected chi connectivity index (χ0v) is 13.1. The molecule has 0 fully saturated rings. The topological polar surface area (TPSA) is 49.4 Å². The van der Waals surface area contributed by atoms with E-state index in [4.69, 9.17) is 11.6 Å². The number of carbonyl (C=O) groups is 2. The molecule has 0 aliphatic carbocycles. The fourth-order valence-electron chi connectivity index (χ4n) is 1.97. The van der Waals surface area contributed by atoms with Crippen molar-refractivity contribution in [1.82, 2.24) is 4.90 Å². The van der Waals surface area contributed by atoms with Gasteiger partial charge in [0.15, 0.2) is 0 Å². The molecule has 0 saturated heterocycles. The van der Waals surface area contributed by atoms with Gasteiger partial charge in [-0.1, -0.05) is 17.7 Å². The van der Waals surface area contributed by atoms with Crippen molar-refractivity contribution in [3.63, 3.8) is 0 Å². The van der Waals surface area contributed by atoms with Crippen molar-refractivity contribution in [2.45, 2.75) is 39.7 Å². The van der Waals surface area contributed by atoms with E-state index in [-0.39, 0.29) is 23.8 Å². The molecule has 4 nitrogen and oxygen atoms in total. The molecule has 1 rings (SSSR count). The first-order chi connectivity index (χ1) is 9.20. The van der Waals surface area contributed by atoms with Gasteiger partial charge in [0, 0.05) is 36.1 Å². The van der Waals surface area contributed by atoms with Gasteiger partial charge in [-0.15, -0.1) is 0 Å². The quantitative estimate of drug-likeness (QED) is 0.926. The van der Waals surface area contributed by atoms with Crippen LogP contribution in [0.3, 0.4) is 0 Å². The summed E-state index contributed by atoms with van der Waals surface area (Å²) in [5, 5.41) is 3.34. The Kier molecular flexibility index (Phi) is 5.57. The third kappa shape index (κ3) is 5.21. The zero-order chi connectivity index (χ0) is 15.3. The second-order valence-corrected chi connectivity index (χ2v) is 6.09. The van der Waals surface area contributed by atoms with Gasteiger partial charge in [0.05, 0.1) is 0 Å². The van der Waals surface area contributed by atoms with Crippen LogP contribution in [0.25, 0.3) is 0 Å². The fraction of sp³-hybridized carbons (Fsp3) is 0.467. The van der Waals surface area contributed by atoms with Gasteiger partial charge in [-0.25, -0.2) is 0 Å². The molecule has 0 heterocycles. The smallest absolute Gasteiger partial charge is 0.226 e. The molecule has 0 bridgehead atoms. The molecule has 0 saturated carbocycles. The van der Waals surface area contributed by atoms with Crippen molar-refractivity contribution >= 4 is 29.1 Å². The zero-order valence-electron chi connectivity index (χ0n) is 12.4. The van der Waals surface area contributed by atoms with E-state index in [1.54, 1.807) is 29.2 Å². The Morgan fingerprint density at radius 3 is 2.45 bits per heavy atom. The van der Waals surface area contributed by atoms with E-state index in [0.717, 1.165) is 0 Å². The van der Waals surface area contributed by atoms with Crippen molar-refractivity contribution in [2.75, 3.05) is 11.9 Å². The molecule has 1 N–H and O–H groups in total. The summed E-state index contributed by atoms with van der Waals surface area (Å²) in [6.07, 6.45) is 0.253. The van der Waals surface area contributed by atoms with Crippen LogP contribution in [0.2, 0.25) is 5.02 Å². The number of hydrogen-bond donors (Lipinski definition) is 1. The number of nitrogens with one attached hydrogen (secondary N) is 1. The average molecular weight is 297 g/mol. The van der Waals surface area contributed by atoms with Crippen LogP contribution >= 0.6 is 11.6 Å². The van der Waals surface area contributed by atoms with E-state index < -0.39 is 0 Å². The average Bonchev–Trinajstić information content (AvgIpc) is 2.26. The van der Waals surface area contributed by atoms with Crippen LogP contribution in [0.4, 0.5) is 5.69 Å². The first-order valence-electron chi connectivity index (χ1n) is 6.54.